The molecule has 4 aliphatic rings. The zero-order valence-electron chi connectivity index (χ0n) is 41.8. The fourth-order valence-electron chi connectivity index (χ4n) is 10.1. The second kappa shape index (κ2) is 33.5. The summed E-state index contributed by atoms with van der Waals surface area (Å²) in [6.45, 7) is 10.1. The minimum atomic E-state index is -1.45. The van der Waals surface area contributed by atoms with Crippen LogP contribution in [0.2, 0.25) is 0 Å². The summed E-state index contributed by atoms with van der Waals surface area (Å²) in [7, 11) is 0. The van der Waals surface area contributed by atoms with Gasteiger partial charge in [0.15, 0.2) is 0 Å². The predicted octanol–water partition coefficient (Wildman–Crippen LogP) is 10.6. The van der Waals surface area contributed by atoms with Crippen molar-refractivity contribution in [1.82, 2.24) is 4.90 Å². The highest BCUT2D eigenvalue weighted by molar-refractivity contribution is 5.72. The van der Waals surface area contributed by atoms with Crippen LogP contribution in [0.4, 0.5) is 4.79 Å². The number of unbranched alkanes of at least 4 members (excludes halogenated alkanes) is 6. The van der Waals surface area contributed by atoms with Crippen LogP contribution in [0, 0.1) is 28.6 Å². The standard InChI is InChI=1S/C53H87NO13/c1-5-9-11-13-15-21-29-61-46(55)24-17-19-26-48(57)64-39-53(42-67-51(60)63-31-23-28-54(7-3)8-4,41-66-50(59)38-52-35-43-32-44(36-52)34-45(33-43)37-52)40-65-49(58)27-20-18-25-47(56)62-30-22-16-14-12-10-6-2/h9-12,43-45H,5-8,13-42H2,1-4H3/b11-9-,12-10-. The van der Waals surface area contributed by atoms with Crippen molar-refractivity contribution in [2.24, 2.45) is 28.6 Å². The van der Waals surface area contributed by atoms with Crippen LogP contribution in [0.25, 0.3) is 0 Å². The van der Waals surface area contributed by atoms with Gasteiger partial charge in [-0.05, 0) is 158 Å². The molecule has 4 bridgehead atoms. The summed E-state index contributed by atoms with van der Waals surface area (Å²) >= 11 is 0. The molecule has 0 aromatic rings. The first-order chi connectivity index (χ1) is 32.4. The van der Waals surface area contributed by atoms with Gasteiger partial charge >= 0.3 is 36.0 Å². The van der Waals surface area contributed by atoms with E-state index in [1.54, 1.807) is 0 Å². The van der Waals surface area contributed by atoms with Crippen molar-refractivity contribution in [3.63, 3.8) is 0 Å². The first-order valence-corrected chi connectivity index (χ1v) is 26.0. The number of carbonyl (C=O) groups excluding carboxylic acids is 6. The van der Waals surface area contributed by atoms with Crippen molar-refractivity contribution in [2.75, 3.05) is 65.9 Å². The SMILES string of the molecule is CC/C=C\CCCCOC(=O)CCCCC(=O)OCC(COC(=O)CCCCC(=O)OCCCC/C=C\CC)(COC(=O)CC12CC3CC(CC(C3)C1)C2)COC(=O)OCCCN(CC)CC. The van der Waals surface area contributed by atoms with E-state index in [0.29, 0.717) is 63.1 Å². The zero-order valence-corrected chi connectivity index (χ0v) is 41.8. The lowest BCUT2D eigenvalue weighted by molar-refractivity contribution is -0.169. The molecule has 0 aliphatic heterocycles. The summed E-state index contributed by atoms with van der Waals surface area (Å²) in [6, 6.07) is 0. The highest BCUT2D eigenvalue weighted by atomic mass is 16.7. The summed E-state index contributed by atoms with van der Waals surface area (Å²) in [5.74, 6) is -0.212. The fourth-order valence-corrected chi connectivity index (χ4v) is 10.1. The third-order valence-electron chi connectivity index (χ3n) is 13.4. The molecular weight excluding hydrogens is 859 g/mol. The van der Waals surface area contributed by atoms with Crippen LogP contribution >= 0.6 is 0 Å². The molecule has 0 heterocycles. The van der Waals surface area contributed by atoms with Gasteiger partial charge in [0.1, 0.15) is 31.8 Å². The number of ether oxygens (including phenoxy) is 7. The van der Waals surface area contributed by atoms with Crippen LogP contribution in [-0.4, -0.2) is 107 Å². The monoisotopic (exact) mass is 946 g/mol. The molecule has 4 rings (SSSR count). The van der Waals surface area contributed by atoms with Crippen LogP contribution in [0.15, 0.2) is 24.3 Å². The lowest BCUT2D eigenvalue weighted by Crippen LogP contribution is -2.47. The summed E-state index contributed by atoms with van der Waals surface area (Å²) in [6.07, 6.45) is 24.5. The van der Waals surface area contributed by atoms with Gasteiger partial charge in [-0.15, -0.1) is 0 Å². The molecule has 0 spiro atoms. The lowest BCUT2D eigenvalue weighted by atomic mass is 9.49. The molecule has 0 radical (unpaired) electrons. The molecule has 67 heavy (non-hydrogen) atoms. The molecule has 4 saturated carbocycles. The summed E-state index contributed by atoms with van der Waals surface area (Å²) in [5, 5.41) is 0. The zero-order chi connectivity index (χ0) is 48.6. The van der Waals surface area contributed by atoms with E-state index in [1.807, 2.05) is 0 Å². The highest BCUT2D eigenvalue weighted by Gasteiger charge is 2.52. The minimum Gasteiger partial charge on any atom is -0.466 e. The third kappa shape index (κ3) is 24.8. The van der Waals surface area contributed by atoms with Gasteiger partial charge in [-0.25, -0.2) is 4.79 Å². The van der Waals surface area contributed by atoms with Crippen molar-refractivity contribution >= 4 is 36.0 Å². The number of rotatable bonds is 38. The van der Waals surface area contributed by atoms with Crippen molar-refractivity contribution in [1.29, 1.82) is 0 Å². The Kier molecular flexibility index (Phi) is 28.7. The molecule has 14 heteroatoms. The van der Waals surface area contributed by atoms with Gasteiger partial charge in [0.25, 0.3) is 0 Å². The van der Waals surface area contributed by atoms with Gasteiger partial charge < -0.3 is 38.1 Å². The van der Waals surface area contributed by atoms with E-state index in [2.05, 4.69) is 56.9 Å². The van der Waals surface area contributed by atoms with Crippen molar-refractivity contribution in [3.05, 3.63) is 24.3 Å². The van der Waals surface area contributed by atoms with Gasteiger partial charge in [0, 0.05) is 32.2 Å². The van der Waals surface area contributed by atoms with E-state index < -0.39 is 30.1 Å². The number of nitrogens with zero attached hydrogens (tertiary/aromatic N) is 1. The number of allylic oxidation sites excluding steroid dienone is 4. The van der Waals surface area contributed by atoms with E-state index >= 15 is 0 Å². The molecule has 4 aliphatic carbocycles. The van der Waals surface area contributed by atoms with Crippen molar-refractivity contribution in [3.8, 4) is 0 Å². The summed E-state index contributed by atoms with van der Waals surface area (Å²) in [4.78, 5) is 79.9. The Labute approximate surface area is 402 Å². The molecule has 0 unspecified atom stereocenters. The molecule has 0 N–H and O–H groups in total. The molecule has 382 valence electrons. The maximum Gasteiger partial charge on any atom is 0.508 e. The molecule has 0 saturated heterocycles. The van der Waals surface area contributed by atoms with Crippen LogP contribution in [0.1, 0.15) is 182 Å². The Morgan fingerprint density at radius 3 is 1.31 bits per heavy atom. The van der Waals surface area contributed by atoms with E-state index in [9.17, 15) is 28.8 Å². The van der Waals surface area contributed by atoms with E-state index in [0.717, 1.165) is 90.3 Å². The Morgan fingerprint density at radius 2 is 0.881 bits per heavy atom. The van der Waals surface area contributed by atoms with Gasteiger partial charge in [-0.3, -0.25) is 24.0 Å². The van der Waals surface area contributed by atoms with Gasteiger partial charge in [-0.1, -0.05) is 52.0 Å². The average Bonchev–Trinajstić information content (AvgIpc) is 3.30. The second-order valence-electron chi connectivity index (χ2n) is 19.4. The van der Waals surface area contributed by atoms with Crippen molar-refractivity contribution < 1.29 is 61.9 Å². The molecule has 0 aromatic heterocycles. The Balaban J connectivity index is 1.61. The smallest absolute Gasteiger partial charge is 0.466 e. The summed E-state index contributed by atoms with van der Waals surface area (Å²) < 4.78 is 39.2. The molecular formula is C53H87NO13. The normalized spacial score (nSPS) is 19.7. The molecule has 0 atom stereocenters. The second-order valence-corrected chi connectivity index (χ2v) is 19.4. The Hall–Kier alpha value is -3.94. The number of carbonyl (C=O) groups is 6. The van der Waals surface area contributed by atoms with Crippen LogP contribution in [0.3, 0.4) is 0 Å². The summed E-state index contributed by atoms with van der Waals surface area (Å²) in [5.41, 5.74) is -1.54. The highest BCUT2D eigenvalue weighted by Crippen LogP contribution is 2.61. The lowest BCUT2D eigenvalue weighted by Gasteiger charge is -2.56. The van der Waals surface area contributed by atoms with Gasteiger partial charge in [-0.2, -0.15) is 0 Å². The minimum absolute atomic E-state index is 0.00684. The van der Waals surface area contributed by atoms with Gasteiger partial charge in [0.05, 0.1) is 26.2 Å². The Morgan fingerprint density at radius 1 is 0.478 bits per heavy atom. The maximum absolute atomic E-state index is 13.7. The number of hydrogen-bond donors (Lipinski definition) is 0. The van der Waals surface area contributed by atoms with E-state index in [4.69, 9.17) is 33.2 Å². The van der Waals surface area contributed by atoms with Crippen LogP contribution in [-0.2, 0) is 57.1 Å². The first-order valence-electron chi connectivity index (χ1n) is 26.0. The molecule has 14 nitrogen and oxygen atoms in total. The third-order valence-corrected chi connectivity index (χ3v) is 13.4. The largest absolute Gasteiger partial charge is 0.508 e. The molecule has 0 aromatic carbocycles. The fraction of sp³-hybridized carbons (Fsp3) is 0.811. The number of esters is 5. The maximum atomic E-state index is 13.7. The van der Waals surface area contributed by atoms with Gasteiger partial charge in [0.2, 0.25) is 0 Å². The average molecular weight is 946 g/mol. The van der Waals surface area contributed by atoms with E-state index in [1.165, 1.54) is 19.3 Å². The predicted molar refractivity (Wildman–Crippen MR) is 256 cm³/mol. The first kappa shape index (κ1) is 57.4. The van der Waals surface area contributed by atoms with Crippen molar-refractivity contribution in [2.45, 2.75) is 182 Å². The quantitative estimate of drug-likeness (QED) is 0.0248. The molecule has 0 amide bonds. The van der Waals surface area contributed by atoms with Crippen LogP contribution < -0.4 is 0 Å². The van der Waals surface area contributed by atoms with E-state index in [-0.39, 0.29) is 81.9 Å². The van der Waals surface area contributed by atoms with Crippen LogP contribution in [0.5, 0.6) is 0 Å². The Bertz CT molecular complexity index is 1430. The number of hydrogen-bond acceptors (Lipinski definition) is 14. The topological polar surface area (TPSA) is 170 Å². The molecule has 4 fully saturated rings.